The van der Waals surface area contributed by atoms with Crippen LogP contribution in [0, 0.1) is 0 Å². The molecule has 1 aromatic heterocycles. The normalized spacial score (nSPS) is 17.1. The zero-order valence-electron chi connectivity index (χ0n) is 12.5. The summed E-state index contributed by atoms with van der Waals surface area (Å²) in [6.45, 7) is 5.03. The summed E-state index contributed by atoms with van der Waals surface area (Å²) in [7, 11) is 0. The van der Waals surface area contributed by atoms with E-state index in [9.17, 15) is 9.59 Å². The molecule has 0 saturated carbocycles. The molecule has 2 rings (SSSR count). The molecule has 0 saturated heterocycles. The molecular formula is C15H22N2O3S. The zero-order chi connectivity index (χ0) is 15.4. The van der Waals surface area contributed by atoms with Crippen molar-refractivity contribution in [1.82, 2.24) is 10.2 Å². The Morgan fingerprint density at radius 2 is 2.29 bits per heavy atom. The summed E-state index contributed by atoms with van der Waals surface area (Å²) in [6.07, 6.45) is 2.19. The van der Waals surface area contributed by atoms with Gasteiger partial charge < -0.3 is 10.0 Å². The fourth-order valence-corrected chi connectivity index (χ4v) is 3.54. The van der Waals surface area contributed by atoms with Crippen molar-refractivity contribution in [1.29, 1.82) is 0 Å². The Kier molecular flexibility index (Phi) is 5.36. The number of amides is 1. The number of aliphatic carboxylic acids is 1. The van der Waals surface area contributed by atoms with Gasteiger partial charge in [0.2, 0.25) is 5.91 Å². The van der Waals surface area contributed by atoms with Gasteiger partial charge in [-0.25, -0.2) is 0 Å². The molecule has 116 valence electrons. The fourth-order valence-electron chi connectivity index (χ4n) is 2.65. The minimum atomic E-state index is -0.893. The van der Waals surface area contributed by atoms with Gasteiger partial charge in [-0.15, -0.1) is 11.3 Å². The SMILES string of the molecule is CCCC(NC(C)C(=O)N1CCc2sccc2C1)C(=O)O. The summed E-state index contributed by atoms with van der Waals surface area (Å²) in [4.78, 5) is 26.8. The molecule has 5 nitrogen and oxygen atoms in total. The molecule has 0 aromatic carbocycles. The number of hydrogen-bond donors (Lipinski definition) is 2. The first-order valence-corrected chi connectivity index (χ1v) is 8.23. The van der Waals surface area contributed by atoms with E-state index in [4.69, 9.17) is 5.11 Å². The molecule has 0 bridgehead atoms. The number of nitrogens with one attached hydrogen (secondary N) is 1. The van der Waals surface area contributed by atoms with Crippen molar-refractivity contribution in [3.05, 3.63) is 21.9 Å². The van der Waals surface area contributed by atoms with Gasteiger partial charge in [0.1, 0.15) is 6.04 Å². The molecule has 1 aliphatic heterocycles. The van der Waals surface area contributed by atoms with Gasteiger partial charge in [-0.05, 0) is 36.8 Å². The second-order valence-corrected chi connectivity index (χ2v) is 6.45. The van der Waals surface area contributed by atoms with Gasteiger partial charge in [0, 0.05) is 18.0 Å². The second kappa shape index (κ2) is 7.04. The van der Waals surface area contributed by atoms with Crippen LogP contribution in [0.2, 0.25) is 0 Å². The highest BCUT2D eigenvalue weighted by atomic mass is 32.1. The van der Waals surface area contributed by atoms with Gasteiger partial charge >= 0.3 is 5.97 Å². The van der Waals surface area contributed by atoms with E-state index < -0.39 is 18.1 Å². The number of rotatable bonds is 6. The predicted molar refractivity (Wildman–Crippen MR) is 82.4 cm³/mol. The van der Waals surface area contributed by atoms with Crippen molar-refractivity contribution in [2.75, 3.05) is 6.54 Å². The fraction of sp³-hybridized carbons (Fsp3) is 0.600. The molecule has 2 atom stereocenters. The number of carbonyl (C=O) groups is 2. The van der Waals surface area contributed by atoms with Crippen LogP contribution in [0.25, 0.3) is 0 Å². The van der Waals surface area contributed by atoms with Gasteiger partial charge in [0.25, 0.3) is 0 Å². The van der Waals surface area contributed by atoms with Crippen molar-refractivity contribution in [2.24, 2.45) is 0 Å². The number of carbonyl (C=O) groups excluding carboxylic acids is 1. The Morgan fingerprint density at radius 3 is 2.95 bits per heavy atom. The standard InChI is InChI=1S/C15H22N2O3S/c1-3-4-12(15(19)20)16-10(2)14(18)17-7-5-13-11(9-17)6-8-21-13/h6,8,10,12,16H,3-5,7,9H2,1-2H3,(H,19,20). The smallest absolute Gasteiger partial charge is 0.320 e. The molecule has 0 radical (unpaired) electrons. The van der Waals surface area contributed by atoms with Crippen LogP contribution < -0.4 is 5.32 Å². The van der Waals surface area contributed by atoms with Crippen LogP contribution >= 0.6 is 11.3 Å². The first-order chi connectivity index (χ1) is 10.0. The summed E-state index contributed by atoms with van der Waals surface area (Å²) in [5, 5.41) is 14.2. The number of hydrogen-bond acceptors (Lipinski definition) is 4. The minimum absolute atomic E-state index is 0.0193. The van der Waals surface area contributed by atoms with E-state index in [0.717, 1.165) is 12.8 Å². The lowest BCUT2D eigenvalue weighted by molar-refractivity contribution is -0.141. The van der Waals surface area contributed by atoms with Crippen LogP contribution in [0.5, 0.6) is 0 Å². The summed E-state index contributed by atoms with van der Waals surface area (Å²) in [5.41, 5.74) is 1.22. The van der Waals surface area contributed by atoms with Crippen LogP contribution in [-0.2, 0) is 22.6 Å². The highest BCUT2D eigenvalue weighted by molar-refractivity contribution is 7.10. The molecule has 6 heteroatoms. The maximum atomic E-state index is 12.5. The molecule has 2 heterocycles. The van der Waals surface area contributed by atoms with Crippen molar-refractivity contribution in [2.45, 2.75) is 51.7 Å². The quantitative estimate of drug-likeness (QED) is 0.841. The first kappa shape index (κ1) is 16.0. The van der Waals surface area contributed by atoms with Crippen LogP contribution in [0.3, 0.4) is 0 Å². The van der Waals surface area contributed by atoms with E-state index in [1.165, 1.54) is 10.4 Å². The summed E-state index contributed by atoms with van der Waals surface area (Å²) < 4.78 is 0. The van der Waals surface area contributed by atoms with Crippen molar-refractivity contribution in [3.8, 4) is 0 Å². The molecule has 1 amide bonds. The third-order valence-electron chi connectivity index (χ3n) is 3.82. The topological polar surface area (TPSA) is 69.6 Å². The average Bonchev–Trinajstić information content (AvgIpc) is 2.93. The maximum absolute atomic E-state index is 12.5. The lowest BCUT2D eigenvalue weighted by atomic mass is 10.1. The first-order valence-electron chi connectivity index (χ1n) is 7.35. The molecule has 0 spiro atoms. The van der Waals surface area contributed by atoms with E-state index in [2.05, 4.69) is 16.8 Å². The van der Waals surface area contributed by atoms with Crippen LogP contribution in [0.1, 0.15) is 37.1 Å². The Morgan fingerprint density at radius 1 is 1.52 bits per heavy atom. The van der Waals surface area contributed by atoms with Crippen LogP contribution in [0.15, 0.2) is 11.4 Å². The number of fused-ring (bicyclic) bond motifs is 1. The third-order valence-corrected chi connectivity index (χ3v) is 4.84. The van der Waals surface area contributed by atoms with Crippen molar-refractivity contribution >= 4 is 23.2 Å². The Labute approximate surface area is 129 Å². The Bertz CT molecular complexity index is 515. The van der Waals surface area contributed by atoms with Crippen molar-refractivity contribution < 1.29 is 14.7 Å². The highest BCUT2D eigenvalue weighted by Crippen LogP contribution is 2.24. The lowest BCUT2D eigenvalue weighted by Crippen LogP contribution is -2.51. The van der Waals surface area contributed by atoms with Crippen molar-refractivity contribution in [3.63, 3.8) is 0 Å². The maximum Gasteiger partial charge on any atom is 0.320 e. The van der Waals surface area contributed by atoms with Gasteiger partial charge in [0.15, 0.2) is 0 Å². The van der Waals surface area contributed by atoms with E-state index in [1.807, 2.05) is 11.8 Å². The third kappa shape index (κ3) is 3.83. The van der Waals surface area contributed by atoms with Crippen LogP contribution in [-0.4, -0.2) is 40.5 Å². The molecule has 1 aliphatic rings. The van der Waals surface area contributed by atoms with Gasteiger partial charge in [-0.2, -0.15) is 0 Å². The van der Waals surface area contributed by atoms with Gasteiger partial charge in [0.05, 0.1) is 6.04 Å². The molecule has 21 heavy (non-hydrogen) atoms. The number of nitrogens with zero attached hydrogens (tertiary/aromatic N) is 1. The van der Waals surface area contributed by atoms with Crippen LogP contribution in [0.4, 0.5) is 0 Å². The highest BCUT2D eigenvalue weighted by Gasteiger charge is 2.28. The largest absolute Gasteiger partial charge is 0.480 e. The van der Waals surface area contributed by atoms with E-state index in [1.54, 1.807) is 18.3 Å². The molecular weight excluding hydrogens is 288 g/mol. The zero-order valence-corrected chi connectivity index (χ0v) is 13.3. The monoisotopic (exact) mass is 310 g/mol. The summed E-state index contributed by atoms with van der Waals surface area (Å²) >= 11 is 1.74. The van der Waals surface area contributed by atoms with E-state index >= 15 is 0 Å². The number of thiophene rings is 1. The molecule has 1 aromatic rings. The van der Waals surface area contributed by atoms with Gasteiger partial charge in [-0.1, -0.05) is 13.3 Å². The summed E-state index contributed by atoms with van der Waals surface area (Å²) in [6, 6.07) is 0.933. The predicted octanol–water partition coefficient (Wildman–Crippen LogP) is 1.86. The average molecular weight is 310 g/mol. The molecule has 2 unspecified atom stereocenters. The molecule has 0 fully saturated rings. The molecule has 0 aliphatic carbocycles. The van der Waals surface area contributed by atoms with E-state index in [-0.39, 0.29) is 5.91 Å². The Balaban J connectivity index is 1.95. The second-order valence-electron chi connectivity index (χ2n) is 5.45. The number of carboxylic acids is 1. The number of carboxylic acid groups (broad SMARTS) is 1. The van der Waals surface area contributed by atoms with E-state index in [0.29, 0.717) is 19.5 Å². The molecule has 2 N–H and O–H groups in total. The minimum Gasteiger partial charge on any atom is -0.480 e. The Hall–Kier alpha value is -1.40. The lowest BCUT2D eigenvalue weighted by Gasteiger charge is -2.30. The van der Waals surface area contributed by atoms with Gasteiger partial charge in [-0.3, -0.25) is 14.9 Å². The summed E-state index contributed by atoms with van der Waals surface area (Å²) in [5.74, 6) is -0.913.